The maximum atomic E-state index is 13.8. The molecule has 0 spiro atoms. The van der Waals surface area contributed by atoms with Crippen LogP contribution in [-0.4, -0.2) is 43.8 Å². The Morgan fingerprint density at radius 2 is 1.76 bits per heavy atom. The molecule has 0 aromatic heterocycles. The van der Waals surface area contributed by atoms with E-state index in [4.69, 9.17) is 11.6 Å². The van der Waals surface area contributed by atoms with Crippen molar-refractivity contribution in [2.45, 2.75) is 18.4 Å². The largest absolute Gasteiger partial charge is 0.296 e. The summed E-state index contributed by atoms with van der Waals surface area (Å²) in [6.07, 6.45) is 0. The first-order valence-corrected chi connectivity index (χ1v) is 9.92. The van der Waals surface area contributed by atoms with Crippen molar-refractivity contribution >= 4 is 21.6 Å². The van der Waals surface area contributed by atoms with Crippen LogP contribution in [0.15, 0.2) is 47.4 Å². The summed E-state index contributed by atoms with van der Waals surface area (Å²) in [6, 6.07) is 11.4. The minimum Gasteiger partial charge on any atom is -0.296 e. The minimum absolute atomic E-state index is 0.228. The van der Waals surface area contributed by atoms with E-state index < -0.39 is 10.0 Å². The summed E-state index contributed by atoms with van der Waals surface area (Å²) >= 11 is 5.98. The summed E-state index contributed by atoms with van der Waals surface area (Å²) in [5, 5.41) is 0.550. The first-order valence-electron chi connectivity index (χ1n) is 8.10. The van der Waals surface area contributed by atoms with E-state index in [0.29, 0.717) is 43.3 Å². The molecule has 4 nitrogen and oxygen atoms in total. The van der Waals surface area contributed by atoms with E-state index in [1.54, 1.807) is 31.2 Å². The molecule has 1 aliphatic rings. The number of hydrogen-bond donors (Lipinski definition) is 0. The normalized spacial score (nSPS) is 16.9. The van der Waals surface area contributed by atoms with Gasteiger partial charge in [0, 0.05) is 43.3 Å². The number of hydrogen-bond acceptors (Lipinski definition) is 3. The highest BCUT2D eigenvalue weighted by molar-refractivity contribution is 7.89. The summed E-state index contributed by atoms with van der Waals surface area (Å²) in [5.41, 5.74) is 1.37. The van der Waals surface area contributed by atoms with Crippen LogP contribution in [-0.2, 0) is 16.6 Å². The van der Waals surface area contributed by atoms with Gasteiger partial charge < -0.3 is 0 Å². The van der Waals surface area contributed by atoms with Crippen LogP contribution >= 0.6 is 11.6 Å². The third kappa shape index (κ3) is 4.03. The van der Waals surface area contributed by atoms with Crippen molar-refractivity contribution in [2.75, 3.05) is 26.2 Å². The highest BCUT2D eigenvalue weighted by Crippen LogP contribution is 2.23. The molecule has 7 heteroatoms. The lowest BCUT2D eigenvalue weighted by Gasteiger charge is -2.34. The quantitative estimate of drug-likeness (QED) is 0.814. The van der Waals surface area contributed by atoms with Gasteiger partial charge in [-0.3, -0.25) is 4.90 Å². The van der Waals surface area contributed by atoms with Gasteiger partial charge >= 0.3 is 0 Å². The van der Waals surface area contributed by atoms with Crippen molar-refractivity contribution in [3.8, 4) is 0 Å². The first-order chi connectivity index (χ1) is 11.9. The molecule has 0 unspecified atom stereocenters. The van der Waals surface area contributed by atoms with Crippen LogP contribution in [0, 0.1) is 12.7 Å². The van der Waals surface area contributed by atoms with E-state index in [1.807, 2.05) is 6.07 Å². The van der Waals surface area contributed by atoms with Crippen molar-refractivity contribution in [1.29, 1.82) is 0 Å². The number of benzene rings is 2. The molecule has 2 aromatic rings. The number of sulfonamides is 1. The molecule has 0 bridgehead atoms. The Bertz CT molecular complexity index is 865. The fourth-order valence-electron chi connectivity index (χ4n) is 2.92. The van der Waals surface area contributed by atoms with Gasteiger partial charge in [0.05, 0.1) is 4.90 Å². The second-order valence-electron chi connectivity index (χ2n) is 6.18. The van der Waals surface area contributed by atoms with Gasteiger partial charge in [0.2, 0.25) is 10.0 Å². The van der Waals surface area contributed by atoms with E-state index in [-0.39, 0.29) is 10.7 Å². The van der Waals surface area contributed by atoms with Crippen molar-refractivity contribution in [3.05, 3.63) is 64.4 Å². The molecule has 0 atom stereocenters. The standard InChI is InChI=1S/C18H20ClFN2O2S/c1-14-12-16(6-7-17(14)19)25(23,24)22-10-8-21(9-11-22)13-15-4-2-3-5-18(15)20/h2-7,12H,8-11,13H2,1H3. The van der Waals surface area contributed by atoms with Crippen LogP contribution in [0.5, 0.6) is 0 Å². The molecule has 2 aromatic carbocycles. The van der Waals surface area contributed by atoms with Crippen LogP contribution in [0.25, 0.3) is 0 Å². The lowest BCUT2D eigenvalue weighted by atomic mass is 10.2. The highest BCUT2D eigenvalue weighted by atomic mass is 35.5. The monoisotopic (exact) mass is 382 g/mol. The molecular weight excluding hydrogens is 363 g/mol. The maximum absolute atomic E-state index is 13.8. The average molecular weight is 383 g/mol. The van der Waals surface area contributed by atoms with Gasteiger partial charge in [-0.15, -0.1) is 0 Å². The predicted molar refractivity (Wildman–Crippen MR) is 96.6 cm³/mol. The van der Waals surface area contributed by atoms with Gasteiger partial charge in [-0.05, 0) is 36.8 Å². The minimum atomic E-state index is -3.53. The molecule has 1 aliphatic heterocycles. The molecule has 3 rings (SSSR count). The van der Waals surface area contributed by atoms with Crippen molar-refractivity contribution in [2.24, 2.45) is 0 Å². The molecule has 0 aliphatic carbocycles. The van der Waals surface area contributed by atoms with Crippen molar-refractivity contribution in [3.63, 3.8) is 0 Å². The van der Waals surface area contributed by atoms with E-state index >= 15 is 0 Å². The van der Waals surface area contributed by atoms with Crippen LogP contribution in [0.1, 0.15) is 11.1 Å². The zero-order valence-corrected chi connectivity index (χ0v) is 15.5. The first kappa shape index (κ1) is 18.3. The zero-order valence-electron chi connectivity index (χ0n) is 14.0. The van der Waals surface area contributed by atoms with Gasteiger partial charge in [0.1, 0.15) is 5.82 Å². The molecule has 0 N–H and O–H groups in total. The Balaban J connectivity index is 1.67. The smallest absolute Gasteiger partial charge is 0.243 e. The molecule has 1 fully saturated rings. The Kier molecular flexibility index (Phi) is 5.43. The maximum Gasteiger partial charge on any atom is 0.243 e. The molecule has 0 amide bonds. The average Bonchev–Trinajstić information content (AvgIpc) is 2.60. The Morgan fingerprint density at radius 1 is 1.08 bits per heavy atom. The molecule has 25 heavy (non-hydrogen) atoms. The lowest BCUT2D eigenvalue weighted by molar-refractivity contribution is 0.180. The topological polar surface area (TPSA) is 40.6 Å². The molecule has 0 radical (unpaired) electrons. The van der Waals surface area contributed by atoms with Gasteiger partial charge in [0.25, 0.3) is 0 Å². The van der Waals surface area contributed by atoms with E-state index in [9.17, 15) is 12.8 Å². The molecule has 0 saturated carbocycles. The molecule has 1 saturated heterocycles. The Hall–Kier alpha value is -1.47. The third-order valence-electron chi connectivity index (χ3n) is 4.45. The van der Waals surface area contributed by atoms with Crippen molar-refractivity contribution in [1.82, 2.24) is 9.21 Å². The van der Waals surface area contributed by atoms with Gasteiger partial charge in [-0.2, -0.15) is 4.31 Å². The van der Waals surface area contributed by atoms with Crippen LogP contribution < -0.4 is 0 Å². The third-order valence-corrected chi connectivity index (χ3v) is 6.77. The summed E-state index contributed by atoms with van der Waals surface area (Å²) in [6.45, 7) is 4.19. The van der Waals surface area contributed by atoms with Gasteiger partial charge in [0.15, 0.2) is 0 Å². The second kappa shape index (κ2) is 7.41. The zero-order chi connectivity index (χ0) is 18.0. The number of nitrogens with zero attached hydrogens (tertiary/aromatic N) is 2. The number of aryl methyl sites for hydroxylation is 1. The number of piperazine rings is 1. The van der Waals surface area contributed by atoms with Crippen LogP contribution in [0.2, 0.25) is 5.02 Å². The van der Waals surface area contributed by atoms with E-state index in [0.717, 1.165) is 5.56 Å². The SMILES string of the molecule is Cc1cc(S(=O)(=O)N2CCN(Cc3ccccc3F)CC2)ccc1Cl. The lowest BCUT2D eigenvalue weighted by Crippen LogP contribution is -2.48. The summed E-state index contributed by atoms with van der Waals surface area (Å²) in [7, 11) is -3.53. The molecule has 1 heterocycles. The molecule has 134 valence electrons. The van der Waals surface area contributed by atoms with Crippen molar-refractivity contribution < 1.29 is 12.8 Å². The fraction of sp³-hybridized carbons (Fsp3) is 0.333. The number of rotatable bonds is 4. The van der Waals surface area contributed by atoms with Crippen LogP contribution in [0.4, 0.5) is 4.39 Å². The summed E-state index contributed by atoms with van der Waals surface area (Å²) < 4.78 is 40.8. The predicted octanol–water partition coefficient (Wildman–Crippen LogP) is 3.29. The Labute approximate surface area is 152 Å². The Morgan fingerprint density at radius 3 is 2.40 bits per heavy atom. The highest BCUT2D eigenvalue weighted by Gasteiger charge is 2.28. The second-order valence-corrected chi connectivity index (χ2v) is 8.53. The summed E-state index contributed by atoms with van der Waals surface area (Å²) in [4.78, 5) is 2.33. The fourth-order valence-corrected chi connectivity index (χ4v) is 4.55. The number of halogens is 2. The van der Waals surface area contributed by atoms with E-state index in [2.05, 4.69) is 4.90 Å². The van der Waals surface area contributed by atoms with E-state index in [1.165, 1.54) is 16.4 Å². The van der Waals surface area contributed by atoms with Gasteiger partial charge in [-0.25, -0.2) is 12.8 Å². The van der Waals surface area contributed by atoms with Crippen LogP contribution in [0.3, 0.4) is 0 Å². The molecular formula is C18H20ClFN2O2S. The summed E-state index contributed by atoms with van der Waals surface area (Å²) in [5.74, 6) is -0.228. The van der Waals surface area contributed by atoms with Gasteiger partial charge in [-0.1, -0.05) is 29.8 Å².